The summed E-state index contributed by atoms with van der Waals surface area (Å²) in [6.45, 7) is 0.674. The molecule has 0 aromatic heterocycles. The van der Waals surface area contributed by atoms with Gasteiger partial charge in [0.25, 0.3) is 0 Å². The van der Waals surface area contributed by atoms with Crippen LogP contribution in [0.25, 0.3) is 0 Å². The van der Waals surface area contributed by atoms with Crippen LogP contribution in [0, 0.1) is 5.41 Å². The fraction of sp³-hybridized carbons (Fsp3) is 0.857. The molecule has 19 heavy (non-hydrogen) atoms. The number of carboxylic acid groups (broad SMARTS) is 1. The Morgan fingerprint density at radius 3 is 2.26 bits per heavy atom. The lowest BCUT2D eigenvalue weighted by Gasteiger charge is -2.35. The molecule has 0 bridgehead atoms. The summed E-state index contributed by atoms with van der Waals surface area (Å²) in [5, 5.41) is 20.9. The molecule has 1 fully saturated rings. The summed E-state index contributed by atoms with van der Waals surface area (Å²) in [5.41, 5.74) is -0.130. The van der Waals surface area contributed by atoms with Gasteiger partial charge in [0.2, 0.25) is 5.91 Å². The molecule has 1 aliphatic rings. The number of aliphatic hydroxyl groups excluding tert-OH is 1. The van der Waals surface area contributed by atoms with Crippen LogP contribution in [0.15, 0.2) is 0 Å². The van der Waals surface area contributed by atoms with Crippen molar-refractivity contribution in [3.63, 3.8) is 0 Å². The minimum atomic E-state index is -0.818. The summed E-state index contributed by atoms with van der Waals surface area (Å²) < 4.78 is 0. The molecule has 5 nitrogen and oxygen atoms in total. The van der Waals surface area contributed by atoms with E-state index in [0.29, 0.717) is 25.8 Å². The summed E-state index contributed by atoms with van der Waals surface area (Å²) in [6, 6.07) is 0. The number of hydrogen-bond donors (Lipinski definition) is 3. The summed E-state index contributed by atoms with van der Waals surface area (Å²) in [4.78, 5) is 22.0. The van der Waals surface area contributed by atoms with Gasteiger partial charge in [-0.1, -0.05) is 19.3 Å². The number of nitrogens with one attached hydrogen (secondary N) is 1. The van der Waals surface area contributed by atoms with E-state index in [4.69, 9.17) is 5.11 Å². The normalized spacial score (nSPS) is 17.9. The van der Waals surface area contributed by atoms with Crippen LogP contribution in [0.3, 0.4) is 0 Å². The molecule has 0 aliphatic heterocycles. The number of unbranched alkanes of at least 4 members (excludes halogenated alkanes) is 1. The lowest BCUT2D eigenvalue weighted by atomic mass is 9.74. The highest BCUT2D eigenvalue weighted by Gasteiger charge is 2.31. The predicted molar refractivity (Wildman–Crippen MR) is 71.7 cm³/mol. The summed E-state index contributed by atoms with van der Waals surface area (Å²) in [6.07, 6.45) is 7.03. The summed E-state index contributed by atoms with van der Waals surface area (Å²) in [7, 11) is 0. The number of carbonyl (C=O) groups excluding carboxylic acids is 1. The van der Waals surface area contributed by atoms with Gasteiger partial charge in [0, 0.05) is 24.8 Å². The van der Waals surface area contributed by atoms with Crippen LogP contribution in [0.4, 0.5) is 0 Å². The Bertz CT molecular complexity index is 298. The van der Waals surface area contributed by atoms with Crippen molar-refractivity contribution in [1.29, 1.82) is 0 Å². The third-order valence-electron chi connectivity index (χ3n) is 3.95. The second kappa shape index (κ2) is 8.15. The zero-order valence-electron chi connectivity index (χ0n) is 11.5. The van der Waals surface area contributed by atoms with Gasteiger partial charge in [0.1, 0.15) is 0 Å². The second-order valence-corrected chi connectivity index (χ2v) is 5.60. The van der Waals surface area contributed by atoms with Crippen molar-refractivity contribution in [3.8, 4) is 0 Å². The average Bonchev–Trinajstić information content (AvgIpc) is 2.42. The first-order chi connectivity index (χ1) is 9.08. The molecule has 1 rings (SSSR count). The largest absolute Gasteiger partial charge is 0.481 e. The molecule has 3 N–H and O–H groups in total. The number of aliphatic carboxylic acids is 1. The van der Waals surface area contributed by atoms with E-state index >= 15 is 0 Å². The van der Waals surface area contributed by atoms with Gasteiger partial charge in [0.05, 0.1) is 6.61 Å². The molecule has 110 valence electrons. The molecule has 0 saturated heterocycles. The van der Waals surface area contributed by atoms with E-state index < -0.39 is 5.97 Å². The van der Waals surface area contributed by atoms with E-state index in [1.807, 2.05) is 0 Å². The van der Waals surface area contributed by atoms with E-state index in [9.17, 15) is 14.7 Å². The molecule has 1 saturated carbocycles. The molecule has 0 atom stereocenters. The maximum Gasteiger partial charge on any atom is 0.303 e. The molecule has 0 radical (unpaired) electrons. The maximum absolute atomic E-state index is 11.6. The third kappa shape index (κ3) is 6.05. The van der Waals surface area contributed by atoms with Crippen LogP contribution in [-0.2, 0) is 9.59 Å². The average molecular weight is 271 g/mol. The molecular formula is C14H25NO4. The third-order valence-corrected chi connectivity index (χ3v) is 3.95. The monoisotopic (exact) mass is 271 g/mol. The van der Waals surface area contributed by atoms with Crippen LogP contribution < -0.4 is 5.32 Å². The van der Waals surface area contributed by atoms with Gasteiger partial charge >= 0.3 is 5.97 Å². The highest BCUT2D eigenvalue weighted by Crippen LogP contribution is 2.35. The van der Waals surface area contributed by atoms with Gasteiger partial charge in [-0.2, -0.15) is 0 Å². The second-order valence-electron chi connectivity index (χ2n) is 5.60. The zero-order valence-corrected chi connectivity index (χ0v) is 11.5. The van der Waals surface area contributed by atoms with E-state index in [0.717, 1.165) is 25.7 Å². The van der Waals surface area contributed by atoms with Gasteiger partial charge in [-0.3, -0.25) is 9.59 Å². The van der Waals surface area contributed by atoms with Crippen molar-refractivity contribution in [2.45, 2.75) is 57.8 Å². The Balaban J connectivity index is 2.19. The Labute approximate surface area is 114 Å². The van der Waals surface area contributed by atoms with Gasteiger partial charge in [0.15, 0.2) is 0 Å². The number of amides is 1. The van der Waals surface area contributed by atoms with Gasteiger partial charge in [-0.15, -0.1) is 0 Å². The minimum absolute atomic E-state index is 0.0382. The van der Waals surface area contributed by atoms with E-state index in [1.54, 1.807) is 0 Å². The Kier molecular flexibility index (Phi) is 6.84. The number of aliphatic hydroxyl groups is 1. The first-order valence-electron chi connectivity index (χ1n) is 7.17. The number of carbonyl (C=O) groups is 2. The number of rotatable bonds is 8. The van der Waals surface area contributed by atoms with Gasteiger partial charge in [-0.25, -0.2) is 0 Å². The van der Waals surface area contributed by atoms with E-state index in [2.05, 4.69) is 5.32 Å². The van der Waals surface area contributed by atoms with Crippen molar-refractivity contribution >= 4 is 11.9 Å². The molecule has 0 aromatic carbocycles. The molecule has 1 aliphatic carbocycles. The van der Waals surface area contributed by atoms with Crippen LogP contribution in [0.1, 0.15) is 57.8 Å². The topological polar surface area (TPSA) is 86.6 Å². The Morgan fingerprint density at radius 1 is 1.05 bits per heavy atom. The van der Waals surface area contributed by atoms with Crippen LogP contribution >= 0.6 is 0 Å². The van der Waals surface area contributed by atoms with Gasteiger partial charge in [-0.05, 0) is 25.7 Å². The molecule has 5 heteroatoms. The summed E-state index contributed by atoms with van der Waals surface area (Å²) >= 11 is 0. The fourth-order valence-corrected chi connectivity index (χ4v) is 2.63. The quantitative estimate of drug-likeness (QED) is 0.586. The first-order valence-corrected chi connectivity index (χ1v) is 7.17. The molecule has 0 aromatic rings. The predicted octanol–water partition coefficient (Wildman–Crippen LogP) is 1.69. The van der Waals surface area contributed by atoms with Crippen molar-refractivity contribution in [2.24, 2.45) is 5.41 Å². The van der Waals surface area contributed by atoms with Crippen LogP contribution in [0.2, 0.25) is 0 Å². The van der Waals surface area contributed by atoms with Crippen molar-refractivity contribution in [1.82, 2.24) is 5.32 Å². The number of carboxylic acids is 1. The van der Waals surface area contributed by atoms with Crippen molar-refractivity contribution < 1.29 is 19.8 Å². The maximum atomic E-state index is 11.6. The minimum Gasteiger partial charge on any atom is -0.481 e. The lowest BCUT2D eigenvalue weighted by molar-refractivity contribution is -0.137. The zero-order chi connectivity index (χ0) is 14.1. The first kappa shape index (κ1) is 16.0. The van der Waals surface area contributed by atoms with Crippen LogP contribution in [-0.4, -0.2) is 35.2 Å². The summed E-state index contributed by atoms with van der Waals surface area (Å²) in [5.74, 6) is -0.856. The lowest BCUT2D eigenvalue weighted by Crippen LogP contribution is -2.41. The molecule has 1 amide bonds. The van der Waals surface area contributed by atoms with Crippen LogP contribution in [0.5, 0.6) is 0 Å². The standard InChI is InChI=1S/C14H25NO4/c16-11-14(8-4-1-5-9-14)10-15-12(17)6-2-3-7-13(18)19/h16H,1-11H2,(H,15,17)(H,18,19). The molecule has 0 heterocycles. The van der Waals surface area contributed by atoms with Crippen molar-refractivity contribution in [3.05, 3.63) is 0 Å². The SMILES string of the molecule is O=C(O)CCCCC(=O)NCC1(CO)CCCCC1. The van der Waals surface area contributed by atoms with Gasteiger partial charge < -0.3 is 15.5 Å². The highest BCUT2D eigenvalue weighted by atomic mass is 16.4. The molecule has 0 unspecified atom stereocenters. The number of hydrogen-bond acceptors (Lipinski definition) is 3. The smallest absolute Gasteiger partial charge is 0.303 e. The Morgan fingerprint density at radius 2 is 1.68 bits per heavy atom. The fourth-order valence-electron chi connectivity index (χ4n) is 2.63. The highest BCUT2D eigenvalue weighted by molar-refractivity contribution is 5.76. The molecule has 0 spiro atoms. The van der Waals surface area contributed by atoms with E-state index in [1.165, 1.54) is 6.42 Å². The van der Waals surface area contributed by atoms with E-state index in [-0.39, 0.29) is 24.3 Å². The van der Waals surface area contributed by atoms with Crippen molar-refractivity contribution in [2.75, 3.05) is 13.2 Å². The molecular weight excluding hydrogens is 246 g/mol. The Hall–Kier alpha value is -1.10.